The molecule has 2 saturated heterocycles. The van der Waals surface area contributed by atoms with E-state index in [0.717, 1.165) is 11.1 Å². The van der Waals surface area contributed by atoms with Crippen LogP contribution < -0.4 is 14.4 Å². The van der Waals surface area contributed by atoms with E-state index in [0.29, 0.717) is 20.8 Å². The van der Waals surface area contributed by atoms with Gasteiger partial charge in [0.05, 0.1) is 10.0 Å². The summed E-state index contributed by atoms with van der Waals surface area (Å²) in [5.74, 6) is -1.03. The predicted octanol–water partition coefficient (Wildman–Crippen LogP) is 8.55. The predicted molar refractivity (Wildman–Crippen MR) is 207 cm³/mol. The van der Waals surface area contributed by atoms with Crippen molar-refractivity contribution in [1.29, 1.82) is 0 Å². The van der Waals surface area contributed by atoms with Crippen molar-refractivity contribution in [2.45, 2.75) is 24.4 Å². The Morgan fingerprint density at radius 1 is 0.906 bits per heavy atom. The molecular formula is C39H31Cl3N2O7S2. The number of esters is 1. The molecule has 53 heavy (non-hydrogen) atoms. The first kappa shape index (κ1) is 37.1. The summed E-state index contributed by atoms with van der Waals surface area (Å²) in [6.45, 7) is 0.831. The van der Waals surface area contributed by atoms with Crippen LogP contribution in [0.5, 0.6) is 17.2 Å². The molecule has 5 aromatic rings. The van der Waals surface area contributed by atoms with Crippen LogP contribution in [0.4, 0.5) is 5.00 Å². The van der Waals surface area contributed by atoms with Gasteiger partial charge < -0.3 is 18.8 Å². The molecule has 0 saturated carbocycles. The van der Waals surface area contributed by atoms with E-state index in [-0.39, 0.29) is 41.3 Å². The highest BCUT2D eigenvalue weighted by molar-refractivity contribution is 7.92. The van der Waals surface area contributed by atoms with E-state index in [1.165, 1.54) is 40.2 Å². The topological polar surface area (TPSA) is 108 Å². The zero-order valence-electron chi connectivity index (χ0n) is 28.0. The molecule has 7 rings (SSSR count). The normalized spacial score (nSPS) is 20.7. The number of carbonyl (C=O) groups excluding carboxylic acids is 3. The maximum absolute atomic E-state index is 14.7. The first-order valence-electron chi connectivity index (χ1n) is 16.4. The fraction of sp³-hybridized carbons (Fsp3) is 0.205. The number of anilines is 1. The lowest BCUT2D eigenvalue weighted by molar-refractivity contribution is -0.167. The molecule has 2 aliphatic heterocycles. The number of amides is 2. The zero-order valence-corrected chi connectivity index (χ0v) is 31.9. The second-order valence-corrected chi connectivity index (χ2v) is 16.3. The highest BCUT2D eigenvalue weighted by atomic mass is 35.5. The molecule has 14 heteroatoms. The van der Waals surface area contributed by atoms with Crippen molar-refractivity contribution in [1.82, 2.24) is 4.90 Å². The highest BCUT2D eigenvalue weighted by Crippen LogP contribution is 2.45. The number of β-lactam (4-membered cyclic amide) rings is 1. The van der Waals surface area contributed by atoms with E-state index in [2.05, 4.69) is 0 Å². The maximum atomic E-state index is 14.7. The molecule has 3 heterocycles. The van der Waals surface area contributed by atoms with E-state index < -0.39 is 46.0 Å². The summed E-state index contributed by atoms with van der Waals surface area (Å²) in [4.78, 5) is 44.3. The lowest BCUT2D eigenvalue weighted by Gasteiger charge is -2.55. The average molecular weight is 810 g/mol. The monoisotopic (exact) mass is 808 g/mol. The van der Waals surface area contributed by atoms with Crippen LogP contribution in [0.3, 0.4) is 0 Å². The Hall–Kier alpha value is -4.23. The second-order valence-electron chi connectivity index (χ2n) is 12.6. The fourth-order valence-electron chi connectivity index (χ4n) is 6.48. The van der Waals surface area contributed by atoms with E-state index >= 15 is 0 Å². The number of carbonyl (C=O) groups is 3. The fourth-order valence-corrected chi connectivity index (χ4v) is 9.89. The molecule has 4 aromatic carbocycles. The van der Waals surface area contributed by atoms with Gasteiger partial charge in [-0.3, -0.25) is 24.2 Å². The van der Waals surface area contributed by atoms with Gasteiger partial charge in [-0.25, -0.2) is 0 Å². The Labute approximate surface area is 328 Å². The van der Waals surface area contributed by atoms with Gasteiger partial charge in [0.15, 0.2) is 29.1 Å². The van der Waals surface area contributed by atoms with Gasteiger partial charge in [0.2, 0.25) is 11.3 Å². The van der Waals surface area contributed by atoms with Gasteiger partial charge in [-0.05, 0) is 70.1 Å². The number of ether oxygens (including phenoxy) is 3. The quantitative estimate of drug-likeness (QED) is 0.0748. The van der Waals surface area contributed by atoms with Crippen LogP contribution in [0, 0.1) is 5.41 Å². The van der Waals surface area contributed by atoms with E-state index in [1.807, 2.05) is 60.7 Å². The van der Waals surface area contributed by atoms with E-state index in [1.54, 1.807) is 41.8 Å². The van der Waals surface area contributed by atoms with Gasteiger partial charge in [-0.1, -0.05) is 95.5 Å². The Morgan fingerprint density at radius 3 is 2.15 bits per heavy atom. The van der Waals surface area contributed by atoms with Crippen molar-refractivity contribution in [3.05, 3.63) is 141 Å². The number of nitrogens with zero attached hydrogens (tertiary/aromatic N) is 2. The van der Waals surface area contributed by atoms with Crippen LogP contribution in [0.25, 0.3) is 0 Å². The van der Waals surface area contributed by atoms with Gasteiger partial charge in [0.25, 0.3) is 5.91 Å². The van der Waals surface area contributed by atoms with Crippen molar-refractivity contribution >= 4 is 80.1 Å². The van der Waals surface area contributed by atoms with Crippen LogP contribution in [0.15, 0.2) is 115 Å². The maximum Gasteiger partial charge on any atom is 0.323 e. The highest BCUT2D eigenvalue weighted by Gasteiger charge is 2.67. The SMILES string of the molecule is CC(=O)N(c1cccs1)C1C(=O)N2CC(COc3cc(Cl)ccc3Oc3ccc(Cl)cc3Cl)(C(=O)OC(c3ccccc3)c3ccccc3)C[S+]([O-])[C@H]12. The number of thiophene rings is 1. The molecule has 0 radical (unpaired) electrons. The smallest absolute Gasteiger partial charge is 0.323 e. The molecule has 0 N–H and O–H groups in total. The Morgan fingerprint density at radius 2 is 1.55 bits per heavy atom. The third-order valence-corrected chi connectivity index (χ3v) is 12.5. The Balaban J connectivity index is 1.23. The van der Waals surface area contributed by atoms with Crippen molar-refractivity contribution in [3.8, 4) is 17.2 Å². The third kappa shape index (κ3) is 7.60. The minimum absolute atomic E-state index is 0.166. The van der Waals surface area contributed by atoms with Crippen LogP contribution in [0.2, 0.25) is 15.1 Å². The molecule has 1 aromatic heterocycles. The van der Waals surface area contributed by atoms with Gasteiger partial charge >= 0.3 is 5.97 Å². The number of benzene rings is 4. The van der Waals surface area contributed by atoms with Crippen molar-refractivity contribution in [2.24, 2.45) is 5.41 Å². The van der Waals surface area contributed by atoms with Crippen molar-refractivity contribution < 1.29 is 33.1 Å². The molecular weight excluding hydrogens is 779 g/mol. The molecule has 2 fully saturated rings. The molecule has 0 spiro atoms. The van der Waals surface area contributed by atoms with Gasteiger partial charge in [-0.15, -0.1) is 11.3 Å². The van der Waals surface area contributed by atoms with Crippen LogP contribution in [-0.4, -0.2) is 57.6 Å². The number of hydrogen-bond donors (Lipinski definition) is 0. The zero-order chi connectivity index (χ0) is 37.3. The first-order chi connectivity index (χ1) is 25.5. The first-order valence-corrected chi connectivity index (χ1v) is 19.8. The third-order valence-electron chi connectivity index (χ3n) is 9.02. The summed E-state index contributed by atoms with van der Waals surface area (Å²) < 4.78 is 33.1. The van der Waals surface area contributed by atoms with Crippen LogP contribution in [-0.2, 0) is 30.3 Å². The lowest BCUT2D eigenvalue weighted by Crippen LogP contribution is -2.79. The van der Waals surface area contributed by atoms with Gasteiger partial charge in [0.1, 0.15) is 18.1 Å². The molecule has 2 aliphatic rings. The largest absolute Gasteiger partial charge is 0.615 e. The summed E-state index contributed by atoms with van der Waals surface area (Å²) in [6, 6.07) is 30.5. The van der Waals surface area contributed by atoms with Gasteiger partial charge in [0, 0.05) is 29.6 Å². The molecule has 9 nitrogen and oxygen atoms in total. The Bertz CT molecular complexity index is 2090. The Kier molecular flexibility index (Phi) is 10.9. The van der Waals surface area contributed by atoms with Crippen LogP contribution in [0.1, 0.15) is 24.2 Å². The van der Waals surface area contributed by atoms with Crippen molar-refractivity contribution in [2.75, 3.05) is 23.8 Å². The van der Waals surface area contributed by atoms with E-state index in [4.69, 9.17) is 49.0 Å². The summed E-state index contributed by atoms with van der Waals surface area (Å²) in [5, 5.41) is 2.53. The number of halogens is 3. The summed E-state index contributed by atoms with van der Waals surface area (Å²) >= 11 is 18.4. The molecule has 0 aliphatic carbocycles. The van der Waals surface area contributed by atoms with Crippen molar-refractivity contribution in [3.63, 3.8) is 0 Å². The number of fused-ring (bicyclic) bond motifs is 1. The molecule has 4 atom stereocenters. The molecule has 3 unspecified atom stereocenters. The second kappa shape index (κ2) is 15.6. The summed E-state index contributed by atoms with van der Waals surface area (Å²) in [5.41, 5.74) is -0.182. The summed E-state index contributed by atoms with van der Waals surface area (Å²) in [7, 11) is 0. The van der Waals surface area contributed by atoms with Gasteiger partial charge in [-0.2, -0.15) is 0 Å². The minimum atomic E-state index is -1.83. The molecule has 2 amide bonds. The average Bonchev–Trinajstić information content (AvgIpc) is 3.69. The summed E-state index contributed by atoms with van der Waals surface area (Å²) in [6.07, 6.45) is -0.822. The minimum Gasteiger partial charge on any atom is -0.615 e. The molecule has 272 valence electrons. The van der Waals surface area contributed by atoms with E-state index in [9.17, 15) is 18.9 Å². The number of rotatable bonds is 11. The lowest BCUT2D eigenvalue weighted by atomic mass is 9.87. The van der Waals surface area contributed by atoms with Crippen LogP contribution >= 0.6 is 46.1 Å². The molecule has 0 bridgehead atoms. The standard InChI is InChI=1S/C39H31Cl3N2O7S2/c1-24(45)44(33-13-8-18-52-33)34-36(46)43-21-39(23-53(48)37(34)43,38(47)51-35(25-9-4-2-5-10-25)26-11-6-3-7-12-26)22-49-32-20-28(41)15-17-31(32)50-30-16-14-27(40)19-29(30)42/h2-20,34-35,37H,21-23H2,1H3/t34?,37-,39?,53?/m1/s1. The number of hydrogen-bond acceptors (Lipinski definition) is 8.